The molecule has 0 aromatic rings. The molecule has 0 aromatic heterocycles. The van der Waals surface area contributed by atoms with Crippen molar-refractivity contribution < 1.29 is 24.1 Å². The molecule has 0 spiro atoms. The van der Waals surface area contributed by atoms with Gasteiger partial charge in [0.2, 0.25) is 0 Å². The van der Waals surface area contributed by atoms with Gasteiger partial charge in [0.15, 0.2) is 18.2 Å². The molecule has 1 rings (SSSR count). The highest BCUT2D eigenvalue weighted by molar-refractivity contribution is 5.51. The fourth-order valence-electron chi connectivity index (χ4n) is 3.15. The number of aliphatic hydroxyl groups excluding tert-OH is 1. The van der Waals surface area contributed by atoms with Gasteiger partial charge < -0.3 is 24.1 Å². The van der Waals surface area contributed by atoms with E-state index in [0.29, 0.717) is 13.2 Å². The van der Waals surface area contributed by atoms with Gasteiger partial charge in [0.1, 0.15) is 5.60 Å². The summed E-state index contributed by atoms with van der Waals surface area (Å²) in [6, 6.07) is 0. The van der Waals surface area contributed by atoms with Gasteiger partial charge in [0.05, 0.1) is 6.10 Å². The minimum Gasteiger partial charge on any atom is -0.385 e. The van der Waals surface area contributed by atoms with Crippen molar-refractivity contribution in [1.82, 2.24) is 0 Å². The lowest BCUT2D eigenvalue weighted by molar-refractivity contribution is -0.164. The van der Waals surface area contributed by atoms with Crippen LogP contribution in [0.5, 0.6) is 0 Å². The molecule has 0 saturated carbocycles. The molecule has 0 radical (unpaired) electrons. The minimum absolute atomic E-state index is 0.426. The van der Waals surface area contributed by atoms with Crippen molar-refractivity contribution in [2.24, 2.45) is 0 Å². The Morgan fingerprint density at radius 2 is 1.70 bits per heavy atom. The molecule has 5 nitrogen and oxygen atoms in total. The smallest absolute Gasteiger partial charge is 0.174 e. The van der Waals surface area contributed by atoms with E-state index >= 15 is 0 Å². The molecule has 0 bridgehead atoms. The average molecular weight is 423 g/mol. The molecule has 1 aliphatic rings. The predicted molar refractivity (Wildman–Crippen MR) is 123 cm³/mol. The van der Waals surface area contributed by atoms with Crippen LogP contribution >= 0.6 is 0 Å². The van der Waals surface area contributed by atoms with Crippen molar-refractivity contribution in [2.45, 2.75) is 99.1 Å². The molecule has 5 unspecified atom stereocenters. The second-order valence-corrected chi connectivity index (χ2v) is 7.13. The van der Waals surface area contributed by atoms with E-state index in [1.807, 2.05) is 69.2 Å². The third-order valence-corrected chi connectivity index (χ3v) is 4.96. The Hall–Kier alpha value is -1.42. The maximum absolute atomic E-state index is 10.3. The summed E-state index contributed by atoms with van der Waals surface area (Å²) in [5.41, 5.74) is 0.535. The van der Waals surface area contributed by atoms with Crippen molar-refractivity contribution in [3.63, 3.8) is 0 Å². The first-order valence-electron chi connectivity index (χ1n) is 10.9. The van der Waals surface area contributed by atoms with E-state index in [0.717, 1.165) is 16.7 Å². The van der Waals surface area contributed by atoms with Gasteiger partial charge in [-0.3, -0.25) is 0 Å². The summed E-state index contributed by atoms with van der Waals surface area (Å²) in [4.78, 5) is 0. The maximum Gasteiger partial charge on any atom is 0.174 e. The van der Waals surface area contributed by atoms with Crippen molar-refractivity contribution in [3.8, 4) is 11.8 Å². The first-order valence-corrected chi connectivity index (χ1v) is 10.9. The van der Waals surface area contributed by atoms with Crippen molar-refractivity contribution in [2.75, 3.05) is 13.2 Å². The van der Waals surface area contributed by atoms with Gasteiger partial charge in [-0.05, 0) is 84.3 Å². The Morgan fingerprint density at radius 1 is 1.17 bits per heavy atom. The lowest BCUT2D eigenvalue weighted by atomic mass is 9.78. The van der Waals surface area contributed by atoms with E-state index < -0.39 is 29.9 Å². The predicted octanol–water partition coefficient (Wildman–Crippen LogP) is 5.15. The second kappa shape index (κ2) is 13.1. The molecule has 5 atom stereocenters. The minimum atomic E-state index is -1.01. The van der Waals surface area contributed by atoms with Crippen LogP contribution < -0.4 is 0 Å². The summed E-state index contributed by atoms with van der Waals surface area (Å²) in [7, 11) is 0. The number of rotatable bonds is 9. The Morgan fingerprint density at radius 3 is 2.20 bits per heavy atom. The van der Waals surface area contributed by atoms with Crippen molar-refractivity contribution in [1.29, 1.82) is 0 Å². The fourth-order valence-corrected chi connectivity index (χ4v) is 3.15. The monoisotopic (exact) mass is 422 g/mol. The van der Waals surface area contributed by atoms with Crippen LogP contribution in [-0.4, -0.2) is 48.2 Å². The first kappa shape index (κ1) is 28.6. The normalized spacial score (nSPS) is 25.0. The Labute approximate surface area is 184 Å². The summed E-state index contributed by atoms with van der Waals surface area (Å²) in [6.07, 6.45) is 1.87. The molecule has 0 aromatic carbocycles. The molecule has 5 heteroatoms. The third-order valence-electron chi connectivity index (χ3n) is 4.96. The number of hydrogen-bond acceptors (Lipinski definition) is 5. The van der Waals surface area contributed by atoms with Crippen LogP contribution in [0.15, 0.2) is 35.5 Å². The van der Waals surface area contributed by atoms with Gasteiger partial charge in [-0.2, -0.15) is 0 Å². The molecule has 0 fully saturated rings. The first-order chi connectivity index (χ1) is 14.0. The highest BCUT2D eigenvalue weighted by Gasteiger charge is 2.41. The van der Waals surface area contributed by atoms with E-state index in [1.54, 1.807) is 12.2 Å². The molecule has 172 valence electrons. The lowest BCUT2D eigenvalue weighted by Crippen LogP contribution is -2.43. The SMILES string of the molecule is C=CC(C)(C#CC1(OC(C)OCC)C(C)=CC(O)C(C)=C1C)OC(C)OCC.CC. The largest absolute Gasteiger partial charge is 0.385 e. The summed E-state index contributed by atoms with van der Waals surface area (Å²) < 4.78 is 23.3. The van der Waals surface area contributed by atoms with Gasteiger partial charge in [-0.1, -0.05) is 32.3 Å². The molecular formula is C25H42O5. The van der Waals surface area contributed by atoms with E-state index in [4.69, 9.17) is 18.9 Å². The topological polar surface area (TPSA) is 57.2 Å². The van der Waals surface area contributed by atoms with Crippen molar-refractivity contribution >= 4 is 0 Å². The van der Waals surface area contributed by atoms with Gasteiger partial charge in [0.25, 0.3) is 0 Å². The summed E-state index contributed by atoms with van der Waals surface area (Å²) >= 11 is 0. The molecule has 0 amide bonds. The zero-order chi connectivity index (χ0) is 23.5. The van der Waals surface area contributed by atoms with Crippen molar-refractivity contribution in [3.05, 3.63) is 35.5 Å². The zero-order valence-corrected chi connectivity index (χ0v) is 20.6. The van der Waals surface area contributed by atoms with E-state index in [2.05, 4.69) is 18.4 Å². The van der Waals surface area contributed by atoms with Crippen LogP contribution in [0.2, 0.25) is 0 Å². The third kappa shape index (κ3) is 7.37. The van der Waals surface area contributed by atoms with Crippen LogP contribution in [-0.2, 0) is 18.9 Å². The molecule has 1 aliphatic carbocycles. The van der Waals surface area contributed by atoms with E-state index in [1.165, 1.54) is 0 Å². The molecular weight excluding hydrogens is 380 g/mol. The average Bonchev–Trinajstić information content (AvgIpc) is 2.70. The van der Waals surface area contributed by atoms with Gasteiger partial charge >= 0.3 is 0 Å². The molecule has 30 heavy (non-hydrogen) atoms. The number of ether oxygens (including phenoxy) is 4. The number of aliphatic hydroxyl groups is 1. The summed E-state index contributed by atoms with van der Waals surface area (Å²) in [5, 5.41) is 10.3. The lowest BCUT2D eigenvalue weighted by Gasteiger charge is -2.39. The Bertz CT molecular complexity index is 669. The standard InChI is InChI=1S/C23H36O5.C2H6/c1-10-22(9,27-19(7)25-11-2)13-14-23(28-20(8)26-12-3)16(4)15-21(24)17(5)18(23)6;1-2/h10,15,19-21,24H,1,11-12H2,2-9H3;1-2H3. The molecule has 0 heterocycles. The van der Waals surface area contributed by atoms with Crippen LogP contribution in [0.1, 0.15) is 69.2 Å². The number of hydrogen-bond donors (Lipinski definition) is 1. The van der Waals surface area contributed by atoms with Crippen LogP contribution in [0, 0.1) is 11.8 Å². The van der Waals surface area contributed by atoms with Gasteiger partial charge in [0, 0.05) is 13.2 Å². The van der Waals surface area contributed by atoms with Gasteiger partial charge in [-0.15, -0.1) is 0 Å². The Balaban J connectivity index is 0.00000407. The summed E-state index contributed by atoms with van der Waals surface area (Å²) in [5.74, 6) is 6.45. The quantitative estimate of drug-likeness (QED) is 0.316. The van der Waals surface area contributed by atoms with E-state index in [9.17, 15) is 5.11 Å². The second-order valence-electron chi connectivity index (χ2n) is 7.13. The van der Waals surface area contributed by atoms with Gasteiger partial charge in [-0.25, -0.2) is 0 Å². The molecule has 0 aliphatic heterocycles. The fraction of sp³-hybridized carbons (Fsp3) is 0.680. The molecule has 1 N–H and O–H groups in total. The Kier molecular flexibility index (Phi) is 12.5. The highest BCUT2D eigenvalue weighted by Crippen LogP contribution is 2.38. The van der Waals surface area contributed by atoms with Crippen LogP contribution in [0.25, 0.3) is 0 Å². The van der Waals surface area contributed by atoms with Crippen LogP contribution in [0.3, 0.4) is 0 Å². The van der Waals surface area contributed by atoms with E-state index in [-0.39, 0.29) is 0 Å². The van der Waals surface area contributed by atoms with Crippen LogP contribution in [0.4, 0.5) is 0 Å². The highest BCUT2D eigenvalue weighted by atomic mass is 16.7. The zero-order valence-electron chi connectivity index (χ0n) is 20.6. The molecule has 0 saturated heterocycles. The summed E-state index contributed by atoms with van der Waals surface area (Å²) in [6.45, 7) is 24.0. The maximum atomic E-state index is 10.3.